The number of alkyl halides is 3. The first-order valence-corrected chi connectivity index (χ1v) is 10.4. The Hall–Kier alpha value is -2.83. The van der Waals surface area contributed by atoms with Crippen LogP contribution in [-0.2, 0) is 21.0 Å². The fourth-order valence-corrected chi connectivity index (χ4v) is 3.86. The largest absolute Gasteiger partial charge is 0.496 e. The monoisotopic (exact) mass is 479 g/mol. The molecule has 2 aromatic rings. The third kappa shape index (κ3) is 6.57. The molecule has 0 aliphatic heterocycles. The van der Waals surface area contributed by atoms with Crippen LogP contribution >= 0.6 is 11.6 Å². The molecule has 0 aliphatic rings. The Labute approximate surface area is 180 Å². The minimum absolute atomic E-state index is 0.0414. The highest BCUT2D eigenvalue weighted by atomic mass is 35.5. The summed E-state index contributed by atoms with van der Waals surface area (Å²) in [7, 11) is -3.19. The van der Waals surface area contributed by atoms with E-state index >= 15 is 0 Å². The predicted octanol–water partition coefficient (Wildman–Crippen LogP) is 2.50. The van der Waals surface area contributed by atoms with E-state index in [0.29, 0.717) is 6.07 Å². The topological polar surface area (TPSA) is 114 Å². The highest BCUT2D eigenvalue weighted by molar-refractivity contribution is 7.89. The van der Waals surface area contributed by atoms with E-state index < -0.39 is 51.4 Å². The van der Waals surface area contributed by atoms with Crippen molar-refractivity contribution in [3.05, 3.63) is 58.6 Å². The second-order valence-electron chi connectivity index (χ2n) is 5.99. The third-order valence-electron chi connectivity index (χ3n) is 3.85. The minimum atomic E-state index is -4.87. The number of amides is 2. The number of hydrazine groups is 1. The van der Waals surface area contributed by atoms with Crippen LogP contribution in [0.3, 0.4) is 0 Å². The molecule has 31 heavy (non-hydrogen) atoms. The average molecular weight is 480 g/mol. The van der Waals surface area contributed by atoms with E-state index in [4.69, 9.17) is 16.3 Å². The zero-order valence-electron chi connectivity index (χ0n) is 15.9. The zero-order valence-corrected chi connectivity index (χ0v) is 17.5. The number of carbonyl (C=O) groups excluding carboxylic acids is 2. The molecule has 0 fully saturated rings. The second kappa shape index (κ2) is 9.98. The number of hydrogen-bond acceptors (Lipinski definition) is 5. The number of rotatable bonds is 7. The van der Waals surface area contributed by atoms with E-state index in [0.717, 1.165) is 18.2 Å². The van der Waals surface area contributed by atoms with Gasteiger partial charge in [-0.25, -0.2) is 13.1 Å². The van der Waals surface area contributed by atoms with Crippen molar-refractivity contribution in [2.75, 3.05) is 13.7 Å². The molecule has 0 heterocycles. The van der Waals surface area contributed by atoms with Crippen molar-refractivity contribution >= 4 is 33.4 Å². The summed E-state index contributed by atoms with van der Waals surface area (Å²) in [5.74, 6) is -1.33. The fraction of sp³-hybridized carbons (Fsp3) is 0.222. The van der Waals surface area contributed by atoms with E-state index in [2.05, 4.69) is 10.9 Å². The molecular formula is C18H17ClF3N3O5S. The van der Waals surface area contributed by atoms with E-state index in [1.54, 1.807) is 0 Å². The van der Waals surface area contributed by atoms with Gasteiger partial charge < -0.3 is 4.74 Å². The van der Waals surface area contributed by atoms with Crippen molar-refractivity contribution in [3.8, 4) is 5.75 Å². The van der Waals surface area contributed by atoms with Gasteiger partial charge in [0, 0.05) is 18.0 Å². The maximum Gasteiger partial charge on any atom is 0.417 e. The van der Waals surface area contributed by atoms with Crippen molar-refractivity contribution in [1.29, 1.82) is 0 Å². The van der Waals surface area contributed by atoms with Gasteiger partial charge in [0.25, 0.3) is 5.91 Å². The van der Waals surface area contributed by atoms with Gasteiger partial charge in [-0.1, -0.05) is 23.7 Å². The Morgan fingerprint density at radius 2 is 1.77 bits per heavy atom. The molecule has 2 aromatic carbocycles. The maximum atomic E-state index is 13.0. The molecule has 2 amide bonds. The standard InChI is InChI=1S/C18H17ClF3N3O5S/c1-30-14-7-6-11(19)10-12(14)17(27)25-24-16(26)8-9-23-31(28,29)15-5-3-2-4-13(15)18(20,21)22/h2-7,10,23H,8-9H2,1H3,(H,24,26)(H,25,27). The lowest BCUT2D eigenvalue weighted by Crippen LogP contribution is -2.43. The van der Waals surface area contributed by atoms with Crippen LogP contribution in [0.2, 0.25) is 5.02 Å². The maximum absolute atomic E-state index is 13.0. The van der Waals surface area contributed by atoms with Crippen molar-refractivity contribution in [1.82, 2.24) is 15.6 Å². The molecule has 0 aliphatic carbocycles. The number of ether oxygens (including phenoxy) is 1. The fourth-order valence-electron chi connectivity index (χ4n) is 2.43. The smallest absolute Gasteiger partial charge is 0.417 e. The number of hydrogen-bond donors (Lipinski definition) is 3. The Balaban J connectivity index is 1.93. The molecule has 0 bridgehead atoms. The van der Waals surface area contributed by atoms with Crippen LogP contribution in [0.15, 0.2) is 47.4 Å². The number of nitrogens with one attached hydrogen (secondary N) is 3. The molecule has 0 saturated carbocycles. The lowest BCUT2D eigenvalue weighted by Gasteiger charge is -2.14. The molecule has 0 aromatic heterocycles. The van der Waals surface area contributed by atoms with E-state index in [-0.39, 0.29) is 16.3 Å². The SMILES string of the molecule is COc1ccc(Cl)cc1C(=O)NNC(=O)CCNS(=O)(=O)c1ccccc1C(F)(F)F. The van der Waals surface area contributed by atoms with Gasteiger partial charge in [0.2, 0.25) is 15.9 Å². The molecule has 168 valence electrons. The van der Waals surface area contributed by atoms with Crippen molar-refractivity contribution in [2.24, 2.45) is 0 Å². The Bertz CT molecular complexity index is 1080. The molecule has 0 spiro atoms. The average Bonchev–Trinajstić information content (AvgIpc) is 2.71. The quantitative estimate of drug-likeness (QED) is 0.528. The summed E-state index contributed by atoms with van der Waals surface area (Å²) in [6.07, 6.45) is -5.32. The number of halogens is 4. The van der Waals surface area contributed by atoms with Crippen LogP contribution in [0, 0.1) is 0 Å². The molecule has 13 heteroatoms. The third-order valence-corrected chi connectivity index (χ3v) is 5.60. The summed E-state index contributed by atoms with van der Waals surface area (Å²) in [6, 6.07) is 7.92. The van der Waals surface area contributed by atoms with Gasteiger partial charge in [-0.05, 0) is 30.3 Å². The lowest BCUT2D eigenvalue weighted by atomic mass is 10.2. The molecular weight excluding hydrogens is 463 g/mol. The summed E-state index contributed by atoms with van der Waals surface area (Å²) in [6.45, 7) is -0.503. The van der Waals surface area contributed by atoms with Gasteiger partial charge in [-0.15, -0.1) is 0 Å². The Morgan fingerprint density at radius 3 is 2.42 bits per heavy atom. The van der Waals surface area contributed by atoms with Gasteiger partial charge in [0.15, 0.2) is 0 Å². The van der Waals surface area contributed by atoms with Crippen molar-refractivity contribution < 1.29 is 35.9 Å². The highest BCUT2D eigenvalue weighted by Crippen LogP contribution is 2.33. The summed E-state index contributed by atoms with van der Waals surface area (Å²) >= 11 is 5.82. The molecule has 8 nitrogen and oxygen atoms in total. The van der Waals surface area contributed by atoms with Crippen LogP contribution in [0.25, 0.3) is 0 Å². The summed E-state index contributed by atoms with van der Waals surface area (Å²) in [5, 5.41) is 0.255. The predicted molar refractivity (Wildman–Crippen MR) is 105 cm³/mol. The molecule has 0 atom stereocenters. The van der Waals surface area contributed by atoms with E-state index in [1.165, 1.54) is 25.3 Å². The minimum Gasteiger partial charge on any atom is -0.496 e. The van der Waals surface area contributed by atoms with Gasteiger partial charge in [-0.3, -0.25) is 20.4 Å². The Kier molecular flexibility index (Phi) is 7.87. The first kappa shape index (κ1) is 24.4. The zero-order chi connectivity index (χ0) is 23.2. The lowest BCUT2D eigenvalue weighted by molar-refractivity contribution is -0.139. The first-order valence-electron chi connectivity index (χ1n) is 8.54. The van der Waals surface area contributed by atoms with E-state index in [1.807, 2.05) is 4.72 Å². The van der Waals surface area contributed by atoms with Crippen LogP contribution in [0.5, 0.6) is 5.75 Å². The number of methoxy groups -OCH3 is 1. The number of benzene rings is 2. The van der Waals surface area contributed by atoms with Crippen LogP contribution in [0.4, 0.5) is 13.2 Å². The van der Waals surface area contributed by atoms with Crippen LogP contribution < -0.4 is 20.3 Å². The van der Waals surface area contributed by atoms with E-state index in [9.17, 15) is 31.2 Å². The molecule has 2 rings (SSSR count). The molecule has 3 N–H and O–H groups in total. The van der Waals surface area contributed by atoms with Crippen LogP contribution in [0.1, 0.15) is 22.3 Å². The van der Waals surface area contributed by atoms with Gasteiger partial charge in [-0.2, -0.15) is 13.2 Å². The molecule has 0 saturated heterocycles. The summed E-state index contributed by atoms with van der Waals surface area (Å²) < 4.78 is 70.4. The van der Waals surface area contributed by atoms with Crippen LogP contribution in [-0.4, -0.2) is 33.9 Å². The summed E-state index contributed by atoms with van der Waals surface area (Å²) in [5.41, 5.74) is 2.88. The highest BCUT2D eigenvalue weighted by Gasteiger charge is 2.36. The number of sulfonamides is 1. The second-order valence-corrected chi connectivity index (χ2v) is 8.16. The van der Waals surface area contributed by atoms with Gasteiger partial charge >= 0.3 is 6.18 Å². The van der Waals surface area contributed by atoms with Gasteiger partial charge in [0.05, 0.1) is 23.1 Å². The first-order chi connectivity index (χ1) is 14.5. The summed E-state index contributed by atoms with van der Waals surface area (Å²) in [4.78, 5) is 23.0. The number of carbonyl (C=O) groups is 2. The molecule has 0 unspecified atom stereocenters. The van der Waals surface area contributed by atoms with Crippen molar-refractivity contribution in [3.63, 3.8) is 0 Å². The normalized spacial score (nSPS) is 11.6. The van der Waals surface area contributed by atoms with Crippen molar-refractivity contribution in [2.45, 2.75) is 17.5 Å². The Morgan fingerprint density at radius 1 is 1.10 bits per heavy atom. The van der Waals surface area contributed by atoms with Gasteiger partial charge in [0.1, 0.15) is 5.75 Å². The molecule has 0 radical (unpaired) electrons.